The summed E-state index contributed by atoms with van der Waals surface area (Å²) >= 11 is 0. The Bertz CT molecular complexity index is 324. The summed E-state index contributed by atoms with van der Waals surface area (Å²) < 4.78 is 5.37. The molecule has 0 unspecified atom stereocenters. The molecule has 0 aliphatic carbocycles. The summed E-state index contributed by atoms with van der Waals surface area (Å²) in [6.07, 6.45) is 1.82. The molecule has 1 aromatic heterocycles. The lowest BCUT2D eigenvalue weighted by atomic mass is 10.2. The molecule has 1 aromatic rings. The van der Waals surface area contributed by atoms with Crippen LogP contribution in [0.25, 0.3) is 0 Å². The van der Waals surface area contributed by atoms with Crippen LogP contribution in [0.5, 0.6) is 5.88 Å². The molecule has 4 heteroatoms. The van der Waals surface area contributed by atoms with Crippen LogP contribution in [0.15, 0.2) is 12.4 Å². The predicted octanol–water partition coefficient (Wildman–Crippen LogP) is 1.40. The predicted molar refractivity (Wildman–Crippen MR) is 52.2 cm³/mol. The second-order valence-corrected chi connectivity index (χ2v) is 3.39. The van der Waals surface area contributed by atoms with Gasteiger partial charge in [0.2, 0.25) is 5.88 Å². The van der Waals surface area contributed by atoms with Gasteiger partial charge >= 0.3 is 0 Å². The summed E-state index contributed by atoms with van der Waals surface area (Å²) in [4.78, 5) is 18.8. The van der Waals surface area contributed by atoms with Gasteiger partial charge in [0, 0.05) is 12.5 Å². The van der Waals surface area contributed by atoms with Gasteiger partial charge < -0.3 is 4.74 Å². The number of carbonyl (C=O) groups is 1. The summed E-state index contributed by atoms with van der Waals surface area (Å²) in [6, 6.07) is 1.70. The van der Waals surface area contributed by atoms with Gasteiger partial charge in [0.15, 0.2) is 0 Å². The van der Waals surface area contributed by atoms with E-state index in [0.717, 1.165) is 0 Å². The first-order chi connectivity index (χ1) is 6.58. The lowest BCUT2D eigenvalue weighted by Gasteiger charge is -2.08. The highest BCUT2D eigenvalue weighted by Gasteiger charge is 2.03. The number of rotatable bonds is 4. The summed E-state index contributed by atoms with van der Waals surface area (Å²) in [7, 11) is 0. The Kier molecular flexibility index (Phi) is 3.56. The second-order valence-electron chi connectivity index (χ2n) is 3.39. The SMILES string of the molecule is CC(=O)Cc1cc(OC(C)C)ncn1. The van der Waals surface area contributed by atoms with Crippen molar-refractivity contribution in [3.8, 4) is 5.88 Å². The molecular weight excluding hydrogens is 180 g/mol. The number of nitrogens with zero attached hydrogens (tertiary/aromatic N) is 2. The number of carbonyl (C=O) groups excluding carboxylic acids is 1. The van der Waals surface area contributed by atoms with E-state index in [0.29, 0.717) is 18.0 Å². The van der Waals surface area contributed by atoms with Crippen LogP contribution in [-0.4, -0.2) is 21.9 Å². The summed E-state index contributed by atoms with van der Waals surface area (Å²) in [5, 5.41) is 0. The zero-order chi connectivity index (χ0) is 10.6. The van der Waals surface area contributed by atoms with Crippen molar-refractivity contribution in [1.82, 2.24) is 9.97 Å². The van der Waals surface area contributed by atoms with Gasteiger partial charge in [-0.15, -0.1) is 0 Å². The molecule has 0 aromatic carbocycles. The average Bonchev–Trinajstić information content (AvgIpc) is 2.01. The van der Waals surface area contributed by atoms with Crippen molar-refractivity contribution in [2.24, 2.45) is 0 Å². The van der Waals surface area contributed by atoms with Crippen LogP contribution in [0.1, 0.15) is 26.5 Å². The van der Waals surface area contributed by atoms with E-state index < -0.39 is 0 Å². The zero-order valence-electron chi connectivity index (χ0n) is 8.65. The van der Waals surface area contributed by atoms with Crippen molar-refractivity contribution < 1.29 is 9.53 Å². The number of ether oxygens (including phenoxy) is 1. The van der Waals surface area contributed by atoms with Gasteiger partial charge in [-0.1, -0.05) is 0 Å². The summed E-state index contributed by atoms with van der Waals surface area (Å²) in [6.45, 7) is 5.38. The maximum absolute atomic E-state index is 10.8. The van der Waals surface area contributed by atoms with Crippen molar-refractivity contribution in [2.75, 3.05) is 0 Å². The fourth-order valence-electron chi connectivity index (χ4n) is 1.03. The van der Waals surface area contributed by atoms with Crippen molar-refractivity contribution in [1.29, 1.82) is 0 Å². The molecule has 0 saturated carbocycles. The fraction of sp³-hybridized carbons (Fsp3) is 0.500. The average molecular weight is 194 g/mol. The van der Waals surface area contributed by atoms with Crippen molar-refractivity contribution in [2.45, 2.75) is 33.3 Å². The lowest BCUT2D eigenvalue weighted by molar-refractivity contribution is -0.116. The fourth-order valence-corrected chi connectivity index (χ4v) is 1.03. The van der Waals surface area contributed by atoms with Crippen LogP contribution in [0, 0.1) is 0 Å². The van der Waals surface area contributed by atoms with Gasteiger partial charge in [0.05, 0.1) is 11.8 Å². The Morgan fingerprint density at radius 3 is 2.79 bits per heavy atom. The largest absolute Gasteiger partial charge is 0.475 e. The highest BCUT2D eigenvalue weighted by Crippen LogP contribution is 2.09. The third kappa shape index (κ3) is 3.51. The summed E-state index contributed by atoms with van der Waals surface area (Å²) in [5.74, 6) is 0.602. The van der Waals surface area contributed by atoms with Gasteiger partial charge in [-0.05, 0) is 20.8 Å². The normalized spacial score (nSPS) is 10.3. The topological polar surface area (TPSA) is 52.1 Å². The molecule has 0 aliphatic heterocycles. The van der Waals surface area contributed by atoms with E-state index in [9.17, 15) is 4.79 Å². The van der Waals surface area contributed by atoms with Crippen molar-refractivity contribution >= 4 is 5.78 Å². The molecule has 0 fully saturated rings. The molecule has 1 rings (SSSR count). The number of hydrogen-bond donors (Lipinski definition) is 0. The molecular formula is C10H14N2O2. The zero-order valence-corrected chi connectivity index (χ0v) is 8.65. The molecule has 0 radical (unpaired) electrons. The first kappa shape index (κ1) is 10.6. The third-order valence-corrected chi connectivity index (χ3v) is 1.49. The lowest BCUT2D eigenvalue weighted by Crippen LogP contribution is -2.08. The van der Waals surface area contributed by atoms with E-state index in [4.69, 9.17) is 4.74 Å². The second kappa shape index (κ2) is 4.69. The Morgan fingerprint density at radius 2 is 2.21 bits per heavy atom. The van der Waals surface area contributed by atoms with E-state index in [1.54, 1.807) is 6.07 Å². The molecule has 14 heavy (non-hydrogen) atoms. The molecule has 4 nitrogen and oxygen atoms in total. The van der Waals surface area contributed by atoms with Gasteiger partial charge in [-0.3, -0.25) is 4.79 Å². The van der Waals surface area contributed by atoms with E-state index in [1.165, 1.54) is 13.3 Å². The molecule has 0 spiro atoms. The van der Waals surface area contributed by atoms with Crippen LogP contribution in [0.3, 0.4) is 0 Å². The van der Waals surface area contributed by atoms with Crippen LogP contribution < -0.4 is 4.74 Å². The highest BCUT2D eigenvalue weighted by atomic mass is 16.5. The Hall–Kier alpha value is -1.45. The van der Waals surface area contributed by atoms with Crippen molar-refractivity contribution in [3.63, 3.8) is 0 Å². The number of Topliss-reactive ketones (excluding diaryl/α,β-unsaturated/α-hetero) is 1. The summed E-state index contributed by atoms with van der Waals surface area (Å²) in [5.41, 5.74) is 0.697. The monoisotopic (exact) mass is 194 g/mol. The molecule has 0 amide bonds. The Morgan fingerprint density at radius 1 is 1.50 bits per heavy atom. The molecule has 0 atom stereocenters. The van der Waals surface area contributed by atoms with Crippen LogP contribution >= 0.6 is 0 Å². The van der Waals surface area contributed by atoms with Crippen LogP contribution in [-0.2, 0) is 11.2 Å². The van der Waals surface area contributed by atoms with Crippen LogP contribution in [0.4, 0.5) is 0 Å². The van der Waals surface area contributed by atoms with E-state index in [1.807, 2.05) is 13.8 Å². The van der Waals surface area contributed by atoms with Crippen molar-refractivity contribution in [3.05, 3.63) is 18.1 Å². The van der Waals surface area contributed by atoms with Gasteiger partial charge in [0.1, 0.15) is 12.1 Å². The number of ketones is 1. The van der Waals surface area contributed by atoms with E-state index >= 15 is 0 Å². The maximum atomic E-state index is 10.8. The molecule has 0 saturated heterocycles. The maximum Gasteiger partial charge on any atom is 0.216 e. The number of aromatic nitrogens is 2. The quantitative estimate of drug-likeness (QED) is 0.726. The first-order valence-electron chi connectivity index (χ1n) is 4.55. The van der Waals surface area contributed by atoms with Gasteiger partial charge in [-0.2, -0.15) is 0 Å². The minimum Gasteiger partial charge on any atom is -0.475 e. The van der Waals surface area contributed by atoms with Gasteiger partial charge in [0.25, 0.3) is 0 Å². The molecule has 76 valence electrons. The molecule has 1 heterocycles. The van der Waals surface area contributed by atoms with E-state index in [2.05, 4.69) is 9.97 Å². The first-order valence-corrected chi connectivity index (χ1v) is 4.55. The van der Waals surface area contributed by atoms with Crippen LogP contribution in [0.2, 0.25) is 0 Å². The standard InChI is InChI=1S/C10H14N2O2/c1-7(2)14-10-5-9(4-8(3)13)11-6-12-10/h5-7H,4H2,1-3H3. The van der Waals surface area contributed by atoms with Gasteiger partial charge in [-0.25, -0.2) is 9.97 Å². The smallest absolute Gasteiger partial charge is 0.216 e. The minimum absolute atomic E-state index is 0.0788. The highest BCUT2D eigenvalue weighted by molar-refractivity contribution is 5.77. The minimum atomic E-state index is 0.0788. The Labute approximate surface area is 83.3 Å². The Balaban J connectivity index is 2.73. The number of hydrogen-bond acceptors (Lipinski definition) is 4. The van der Waals surface area contributed by atoms with E-state index in [-0.39, 0.29) is 11.9 Å². The molecule has 0 N–H and O–H groups in total. The third-order valence-electron chi connectivity index (χ3n) is 1.49. The molecule has 0 aliphatic rings. The molecule has 0 bridgehead atoms.